The lowest BCUT2D eigenvalue weighted by Crippen LogP contribution is -2.69. The van der Waals surface area contributed by atoms with E-state index in [1.807, 2.05) is 48.5 Å². The molecule has 3 aromatic carbocycles. The monoisotopic (exact) mass is 826 g/mol. The number of unbranched alkanes of at least 4 members (excludes halogenated alkanes) is 2. The fraction of sp³-hybridized carbons (Fsp3) is 0.468. The Bertz CT molecular complexity index is 1970. The van der Waals surface area contributed by atoms with Gasteiger partial charge in [0.05, 0.1) is 44.1 Å². The van der Waals surface area contributed by atoms with Crippen LogP contribution in [-0.2, 0) is 25.7 Å². The molecule has 0 bridgehead atoms. The fourth-order valence-corrected chi connectivity index (χ4v) is 9.09. The Morgan fingerprint density at radius 2 is 1.73 bits per heavy atom. The molecule has 0 saturated heterocycles. The number of methoxy groups -OCH3 is 1. The number of carbonyl (C=O) groups excluding carboxylic acids is 2. The number of fused-ring (bicyclic) bond motifs is 2. The Hall–Kier alpha value is -5.21. The Balaban J connectivity index is 1.43. The molecule has 0 radical (unpaired) electrons. The number of amides is 1. The van der Waals surface area contributed by atoms with E-state index in [-0.39, 0.29) is 57.2 Å². The third-order valence-corrected chi connectivity index (χ3v) is 11.7. The van der Waals surface area contributed by atoms with E-state index in [1.54, 1.807) is 31.3 Å². The number of aliphatic hydroxyl groups excluding tert-OH is 2. The smallest absolute Gasteiger partial charge is 0.410 e. The highest BCUT2D eigenvalue weighted by Crippen LogP contribution is 2.62. The second-order valence-corrected chi connectivity index (χ2v) is 15.3. The van der Waals surface area contributed by atoms with Gasteiger partial charge in [0.15, 0.2) is 6.29 Å². The van der Waals surface area contributed by atoms with Crippen LogP contribution in [0.4, 0.5) is 4.79 Å². The molecule has 2 N–H and O–H groups in total. The number of nitrogens with zero attached hydrogens (tertiary/aromatic N) is 2. The summed E-state index contributed by atoms with van der Waals surface area (Å²) in [6.07, 6.45) is 8.81. The van der Waals surface area contributed by atoms with Crippen LogP contribution >= 0.6 is 0 Å². The van der Waals surface area contributed by atoms with Gasteiger partial charge >= 0.3 is 6.09 Å². The number of likely N-dealkylation sites (N-methyl/N-ethyl adjacent to an activating group) is 1. The number of aliphatic hydroxyl groups is 2. The summed E-state index contributed by atoms with van der Waals surface area (Å²) in [5, 5.41) is 24.3. The molecule has 0 aromatic heterocycles. The van der Waals surface area contributed by atoms with Crippen LogP contribution in [-0.4, -0.2) is 99.3 Å². The minimum absolute atomic E-state index is 0.0258. The highest BCUT2D eigenvalue weighted by Gasteiger charge is 2.65. The molecule has 0 unspecified atom stereocenters. The van der Waals surface area contributed by atoms with Gasteiger partial charge in [-0.25, -0.2) is 4.79 Å². The number of carbonyl (C=O) groups is 2. The van der Waals surface area contributed by atoms with Crippen molar-refractivity contribution in [1.29, 1.82) is 0 Å². The first kappa shape index (κ1) is 44.3. The van der Waals surface area contributed by atoms with Gasteiger partial charge in [0.25, 0.3) is 0 Å². The van der Waals surface area contributed by atoms with E-state index >= 15 is 0 Å². The molecule has 3 aromatic rings. The molecule has 6 atom stereocenters. The van der Waals surface area contributed by atoms with Crippen LogP contribution in [0, 0.1) is 17.8 Å². The normalized spacial score (nSPS) is 23.3. The van der Waals surface area contributed by atoms with Crippen LogP contribution in [0.1, 0.15) is 72.3 Å². The third kappa shape index (κ3) is 9.87. The molecule has 1 heterocycles. The zero-order chi connectivity index (χ0) is 42.5. The van der Waals surface area contributed by atoms with Gasteiger partial charge in [-0.05, 0) is 85.1 Å². The van der Waals surface area contributed by atoms with Gasteiger partial charge in [-0.15, -0.1) is 6.58 Å². The molecule has 1 saturated carbocycles. The minimum Gasteiger partial charge on any atom is -0.496 e. The number of benzene rings is 3. The maximum absolute atomic E-state index is 14.0. The molecule has 13 heteroatoms. The van der Waals surface area contributed by atoms with Gasteiger partial charge in [-0.1, -0.05) is 60.5 Å². The maximum Gasteiger partial charge on any atom is 0.410 e. The zero-order valence-corrected chi connectivity index (χ0v) is 34.8. The van der Waals surface area contributed by atoms with Crippen molar-refractivity contribution in [1.82, 2.24) is 4.90 Å². The summed E-state index contributed by atoms with van der Waals surface area (Å²) < 4.78 is 37.4. The van der Waals surface area contributed by atoms with Crippen LogP contribution in [0.5, 0.6) is 23.0 Å². The minimum atomic E-state index is -1.43. The van der Waals surface area contributed by atoms with Gasteiger partial charge in [0.2, 0.25) is 5.79 Å². The van der Waals surface area contributed by atoms with E-state index in [0.29, 0.717) is 53.7 Å². The zero-order valence-electron chi connectivity index (χ0n) is 34.8. The number of ether oxygens (including phenoxy) is 6. The van der Waals surface area contributed by atoms with Crippen LogP contribution < -0.4 is 14.2 Å². The van der Waals surface area contributed by atoms with Crippen molar-refractivity contribution in [2.75, 3.05) is 54.3 Å². The number of oxime groups is 1. The van der Waals surface area contributed by atoms with Gasteiger partial charge in [0.1, 0.15) is 42.8 Å². The predicted molar refractivity (Wildman–Crippen MR) is 226 cm³/mol. The van der Waals surface area contributed by atoms with E-state index in [2.05, 4.69) is 17.8 Å². The Morgan fingerprint density at radius 1 is 0.983 bits per heavy atom. The number of allylic oxidation sites excluding steroid dienone is 1. The first-order valence-electron chi connectivity index (χ1n) is 20.8. The SMILES string of the molecule is C=CCO[C@@]12Oc3ccc(Oc4ccc(OC)c(C=O)c4)cc3[C@H]3[C@H](CCCCO)[C@@H](CCCCO)C=C(C(=NOC)C[C@@H]1N(C)C(=O)OCCOCc1ccccc1)[C@H]32. The van der Waals surface area contributed by atoms with E-state index in [1.165, 1.54) is 19.1 Å². The molecular formula is C47H58N2O11. The summed E-state index contributed by atoms with van der Waals surface area (Å²) in [5.41, 5.74) is 3.85. The molecule has 1 aliphatic heterocycles. The molecule has 6 rings (SSSR count). The standard InChI is InChI=1S/C47H58N2O11/c1-5-23-58-47-43(49(2)46(53)57-25-24-56-31-32-13-7-6-8-14-32)29-40(48-55-4)38-27-33(15-9-11-21-50)37(16-10-12-22-51)44(45(38)47)39-28-36(18-20-42(39)60-47)59-35-17-19-41(54-3)34(26-35)30-52/h5-8,13-14,17-20,26-28,30,33,37,43-45,50-51H,1,9-12,15-16,21-25,29,31H2,2-4H3/t33-,37+,43-,44+,45+,47+/m0/s1. The first-order chi connectivity index (χ1) is 29.3. The van der Waals surface area contributed by atoms with E-state index < -0.39 is 23.8 Å². The van der Waals surface area contributed by atoms with Crippen molar-refractivity contribution < 1.29 is 53.1 Å². The number of hydrogen-bond donors (Lipinski definition) is 2. The van der Waals surface area contributed by atoms with Crippen molar-refractivity contribution in [2.24, 2.45) is 22.9 Å². The molecule has 0 spiro atoms. The largest absolute Gasteiger partial charge is 0.496 e. The van der Waals surface area contributed by atoms with Crippen molar-refractivity contribution in [3.8, 4) is 23.0 Å². The Labute approximate surface area is 352 Å². The summed E-state index contributed by atoms with van der Waals surface area (Å²) in [6, 6.07) is 19.8. The summed E-state index contributed by atoms with van der Waals surface area (Å²) in [6.45, 7) is 4.90. The first-order valence-corrected chi connectivity index (χ1v) is 20.8. The summed E-state index contributed by atoms with van der Waals surface area (Å²) in [5.74, 6) is -0.0642. The molecule has 1 fully saturated rings. The average Bonchev–Trinajstić information content (AvgIpc) is 3.27. The maximum atomic E-state index is 14.0. The average molecular weight is 827 g/mol. The van der Waals surface area contributed by atoms with Crippen LogP contribution in [0.3, 0.4) is 0 Å². The fourth-order valence-electron chi connectivity index (χ4n) is 9.09. The van der Waals surface area contributed by atoms with Gasteiger partial charge in [-0.3, -0.25) is 4.79 Å². The molecule has 60 heavy (non-hydrogen) atoms. The van der Waals surface area contributed by atoms with Crippen molar-refractivity contribution in [2.45, 2.75) is 69.3 Å². The topological polar surface area (TPSA) is 155 Å². The molecule has 3 aliphatic rings. The lowest BCUT2D eigenvalue weighted by atomic mass is 9.55. The number of hydrogen-bond acceptors (Lipinski definition) is 12. The summed E-state index contributed by atoms with van der Waals surface area (Å²) in [7, 11) is 4.70. The van der Waals surface area contributed by atoms with Crippen molar-refractivity contribution in [3.63, 3.8) is 0 Å². The predicted octanol–water partition coefficient (Wildman–Crippen LogP) is 7.85. The molecule has 1 amide bonds. The Kier molecular flexibility index (Phi) is 15.8. The van der Waals surface area contributed by atoms with Gasteiger partial charge in [-0.2, -0.15) is 0 Å². The summed E-state index contributed by atoms with van der Waals surface area (Å²) in [4.78, 5) is 32.9. The number of rotatable bonds is 22. The van der Waals surface area contributed by atoms with E-state index in [9.17, 15) is 19.8 Å². The highest BCUT2D eigenvalue weighted by atomic mass is 16.7. The molecule has 2 aliphatic carbocycles. The molecule has 322 valence electrons. The molecular weight excluding hydrogens is 769 g/mol. The second kappa shape index (κ2) is 21.4. The van der Waals surface area contributed by atoms with E-state index in [0.717, 1.165) is 48.7 Å². The van der Waals surface area contributed by atoms with Crippen LogP contribution in [0.2, 0.25) is 0 Å². The van der Waals surface area contributed by atoms with E-state index in [4.69, 9.17) is 33.3 Å². The highest BCUT2D eigenvalue weighted by molar-refractivity contribution is 6.03. The number of aldehydes is 1. The Morgan fingerprint density at radius 3 is 2.45 bits per heavy atom. The lowest BCUT2D eigenvalue weighted by molar-refractivity contribution is -0.253. The van der Waals surface area contributed by atoms with Crippen LogP contribution in [0.15, 0.2) is 96.2 Å². The van der Waals surface area contributed by atoms with Crippen molar-refractivity contribution >= 4 is 18.1 Å². The quantitative estimate of drug-likeness (QED) is 0.0441. The van der Waals surface area contributed by atoms with Crippen molar-refractivity contribution in [3.05, 3.63) is 108 Å². The second-order valence-electron chi connectivity index (χ2n) is 15.3. The van der Waals surface area contributed by atoms with Gasteiger partial charge < -0.3 is 48.4 Å². The summed E-state index contributed by atoms with van der Waals surface area (Å²) >= 11 is 0. The van der Waals surface area contributed by atoms with Crippen LogP contribution in [0.25, 0.3) is 0 Å². The van der Waals surface area contributed by atoms with Gasteiger partial charge in [0, 0.05) is 38.2 Å². The molecule has 13 nitrogen and oxygen atoms in total. The third-order valence-electron chi connectivity index (χ3n) is 11.7. The lowest BCUT2D eigenvalue weighted by Gasteiger charge is -2.59.